The minimum absolute atomic E-state index is 0.223. The van der Waals surface area contributed by atoms with Gasteiger partial charge in [-0.25, -0.2) is 8.78 Å². The molecule has 0 saturated carbocycles. The largest absolute Gasteiger partial charge is 0.336 e. The molecule has 0 unspecified atom stereocenters. The number of benzene rings is 3. The lowest BCUT2D eigenvalue weighted by Gasteiger charge is -2.35. The highest BCUT2D eigenvalue weighted by atomic mass is 35.5. The number of nitrogens with zero attached hydrogens (tertiary/aromatic N) is 2. The van der Waals surface area contributed by atoms with E-state index in [4.69, 9.17) is 11.6 Å². The zero-order chi connectivity index (χ0) is 22.7. The van der Waals surface area contributed by atoms with E-state index in [1.807, 2.05) is 4.90 Å². The summed E-state index contributed by atoms with van der Waals surface area (Å²) in [5.41, 5.74) is 1.43. The second-order valence-electron chi connectivity index (χ2n) is 7.66. The summed E-state index contributed by atoms with van der Waals surface area (Å²) in [6, 6.07) is 17.5. The number of rotatable bonds is 5. The van der Waals surface area contributed by atoms with Crippen LogP contribution in [0.25, 0.3) is 0 Å². The molecule has 1 saturated heterocycles. The Labute approximate surface area is 190 Å². The molecule has 3 aromatic rings. The lowest BCUT2D eigenvalue weighted by Crippen LogP contribution is -2.48. The molecule has 1 aliphatic rings. The van der Waals surface area contributed by atoms with Gasteiger partial charge in [0, 0.05) is 54.4 Å². The number of carbonyl (C=O) groups is 2. The quantitative estimate of drug-likeness (QED) is 0.520. The minimum Gasteiger partial charge on any atom is -0.336 e. The fourth-order valence-electron chi connectivity index (χ4n) is 3.82. The third kappa shape index (κ3) is 4.71. The first-order valence-corrected chi connectivity index (χ1v) is 10.7. The topological polar surface area (TPSA) is 40.6 Å². The van der Waals surface area contributed by atoms with Gasteiger partial charge in [-0.2, -0.15) is 0 Å². The third-order valence-electron chi connectivity index (χ3n) is 5.59. The molecule has 4 rings (SSSR count). The van der Waals surface area contributed by atoms with Gasteiger partial charge in [0.2, 0.25) is 0 Å². The lowest BCUT2D eigenvalue weighted by molar-refractivity contribution is 0.0624. The molecular formula is C25H21ClF2N2O2. The van der Waals surface area contributed by atoms with Gasteiger partial charge in [0.05, 0.1) is 5.56 Å². The van der Waals surface area contributed by atoms with Crippen molar-refractivity contribution in [1.82, 2.24) is 9.80 Å². The highest BCUT2D eigenvalue weighted by Crippen LogP contribution is 2.20. The van der Waals surface area contributed by atoms with E-state index in [9.17, 15) is 18.4 Å². The summed E-state index contributed by atoms with van der Waals surface area (Å²) in [6.45, 7) is 2.18. The van der Waals surface area contributed by atoms with Gasteiger partial charge in [-0.05, 0) is 36.4 Å². The van der Waals surface area contributed by atoms with Crippen molar-refractivity contribution >= 4 is 23.3 Å². The van der Waals surface area contributed by atoms with Crippen LogP contribution in [0.1, 0.15) is 31.8 Å². The standard InChI is InChI=1S/C25H21ClF2N2O2/c26-19-10-8-17(9-11-19)24(31)20-5-1-2-6-21(20)25(32)30-14-12-29(13-15-30)16-18-4-3-7-22(27)23(18)28/h1-11H,12-16H2. The van der Waals surface area contributed by atoms with Gasteiger partial charge in [0.15, 0.2) is 17.4 Å². The highest BCUT2D eigenvalue weighted by Gasteiger charge is 2.26. The monoisotopic (exact) mass is 454 g/mol. The molecule has 1 amide bonds. The SMILES string of the molecule is O=C(c1ccc(Cl)cc1)c1ccccc1C(=O)N1CCN(Cc2cccc(F)c2F)CC1. The molecule has 1 aliphatic heterocycles. The van der Waals surface area contributed by atoms with Gasteiger partial charge < -0.3 is 4.90 Å². The van der Waals surface area contributed by atoms with Crippen LogP contribution in [-0.4, -0.2) is 47.7 Å². The van der Waals surface area contributed by atoms with E-state index in [1.54, 1.807) is 59.5 Å². The second kappa shape index (κ2) is 9.59. The third-order valence-corrected chi connectivity index (χ3v) is 5.85. The van der Waals surface area contributed by atoms with Crippen LogP contribution in [0.3, 0.4) is 0 Å². The number of ketones is 1. The first kappa shape index (κ1) is 22.1. The van der Waals surface area contributed by atoms with Gasteiger partial charge in [-0.1, -0.05) is 41.9 Å². The van der Waals surface area contributed by atoms with Crippen molar-refractivity contribution in [3.05, 3.63) is 106 Å². The Kier molecular flexibility index (Phi) is 6.63. The van der Waals surface area contributed by atoms with Gasteiger partial charge in [-0.15, -0.1) is 0 Å². The van der Waals surface area contributed by atoms with Gasteiger partial charge in [0.25, 0.3) is 5.91 Å². The summed E-state index contributed by atoms with van der Waals surface area (Å²) in [6.07, 6.45) is 0. The summed E-state index contributed by atoms with van der Waals surface area (Å²) < 4.78 is 27.4. The van der Waals surface area contributed by atoms with Crippen LogP contribution in [0.2, 0.25) is 5.02 Å². The molecule has 1 fully saturated rings. The Morgan fingerprint density at radius 1 is 0.812 bits per heavy atom. The molecule has 7 heteroatoms. The zero-order valence-corrected chi connectivity index (χ0v) is 18.0. The summed E-state index contributed by atoms with van der Waals surface area (Å²) in [7, 11) is 0. The number of halogens is 3. The van der Waals surface area contributed by atoms with Crippen molar-refractivity contribution in [2.45, 2.75) is 6.54 Å². The number of piperazine rings is 1. The highest BCUT2D eigenvalue weighted by molar-refractivity contribution is 6.30. The number of hydrogen-bond acceptors (Lipinski definition) is 3. The van der Waals surface area contributed by atoms with Crippen LogP contribution in [0.5, 0.6) is 0 Å². The summed E-state index contributed by atoms with van der Waals surface area (Å²) in [4.78, 5) is 29.9. The first-order valence-electron chi connectivity index (χ1n) is 10.3. The van der Waals surface area contributed by atoms with E-state index < -0.39 is 11.6 Å². The first-order chi connectivity index (χ1) is 15.4. The van der Waals surface area contributed by atoms with Crippen molar-refractivity contribution in [1.29, 1.82) is 0 Å². The van der Waals surface area contributed by atoms with Gasteiger partial charge in [0.1, 0.15) is 0 Å². The predicted octanol–water partition coefficient (Wildman–Crippen LogP) is 4.81. The van der Waals surface area contributed by atoms with Crippen LogP contribution in [-0.2, 0) is 6.54 Å². The van der Waals surface area contributed by atoms with Crippen LogP contribution >= 0.6 is 11.6 Å². The number of carbonyl (C=O) groups excluding carboxylic acids is 2. The molecule has 164 valence electrons. The molecule has 3 aromatic carbocycles. The van der Waals surface area contributed by atoms with Crippen molar-refractivity contribution in [3.8, 4) is 0 Å². The van der Waals surface area contributed by atoms with E-state index in [0.717, 1.165) is 6.07 Å². The number of amides is 1. The van der Waals surface area contributed by atoms with E-state index in [2.05, 4.69) is 0 Å². The summed E-state index contributed by atoms with van der Waals surface area (Å²) in [5.74, 6) is -2.16. The Bertz CT molecular complexity index is 1140. The Balaban J connectivity index is 1.45. The minimum atomic E-state index is -0.863. The zero-order valence-electron chi connectivity index (χ0n) is 17.2. The lowest BCUT2D eigenvalue weighted by atomic mass is 9.97. The molecule has 4 nitrogen and oxygen atoms in total. The van der Waals surface area contributed by atoms with Crippen molar-refractivity contribution in [3.63, 3.8) is 0 Å². The maximum absolute atomic E-state index is 14.0. The average Bonchev–Trinajstić information content (AvgIpc) is 2.82. The molecule has 0 atom stereocenters. The maximum atomic E-state index is 14.0. The normalized spacial score (nSPS) is 14.4. The summed E-state index contributed by atoms with van der Waals surface area (Å²) >= 11 is 5.91. The molecule has 0 N–H and O–H groups in total. The number of hydrogen-bond donors (Lipinski definition) is 0. The fourth-order valence-corrected chi connectivity index (χ4v) is 3.94. The van der Waals surface area contributed by atoms with Gasteiger partial charge in [-0.3, -0.25) is 14.5 Å². The van der Waals surface area contributed by atoms with Crippen LogP contribution in [0, 0.1) is 11.6 Å². The smallest absolute Gasteiger partial charge is 0.254 e. The van der Waals surface area contributed by atoms with Crippen LogP contribution in [0.4, 0.5) is 8.78 Å². The maximum Gasteiger partial charge on any atom is 0.254 e. The molecule has 32 heavy (non-hydrogen) atoms. The second-order valence-corrected chi connectivity index (χ2v) is 8.10. The van der Waals surface area contributed by atoms with Crippen LogP contribution < -0.4 is 0 Å². The van der Waals surface area contributed by atoms with E-state index in [-0.39, 0.29) is 18.2 Å². The van der Waals surface area contributed by atoms with E-state index in [0.29, 0.717) is 53.5 Å². The molecule has 0 radical (unpaired) electrons. The Hall–Kier alpha value is -3.09. The molecular weight excluding hydrogens is 434 g/mol. The fraction of sp³-hybridized carbons (Fsp3) is 0.200. The molecule has 1 heterocycles. The van der Waals surface area contributed by atoms with Gasteiger partial charge >= 0.3 is 0 Å². The molecule has 0 aromatic heterocycles. The van der Waals surface area contributed by atoms with E-state index in [1.165, 1.54) is 6.07 Å². The van der Waals surface area contributed by atoms with Crippen molar-refractivity contribution < 1.29 is 18.4 Å². The predicted molar refractivity (Wildman–Crippen MR) is 119 cm³/mol. The Morgan fingerprint density at radius 2 is 1.47 bits per heavy atom. The van der Waals surface area contributed by atoms with Crippen molar-refractivity contribution in [2.75, 3.05) is 26.2 Å². The average molecular weight is 455 g/mol. The van der Waals surface area contributed by atoms with E-state index >= 15 is 0 Å². The van der Waals surface area contributed by atoms with Crippen molar-refractivity contribution in [2.24, 2.45) is 0 Å². The molecule has 0 spiro atoms. The summed E-state index contributed by atoms with van der Waals surface area (Å²) in [5, 5.41) is 0.530. The molecule has 0 aliphatic carbocycles. The Morgan fingerprint density at radius 3 is 2.16 bits per heavy atom. The van der Waals surface area contributed by atoms with Crippen LogP contribution in [0.15, 0.2) is 66.7 Å². The molecule has 0 bridgehead atoms.